The Bertz CT molecular complexity index is 998. The summed E-state index contributed by atoms with van der Waals surface area (Å²) >= 11 is 1.55. The molecule has 0 unspecified atom stereocenters. The van der Waals surface area contributed by atoms with Crippen LogP contribution in [0.2, 0.25) is 0 Å². The van der Waals surface area contributed by atoms with E-state index >= 15 is 0 Å². The van der Waals surface area contributed by atoms with E-state index in [2.05, 4.69) is 20.8 Å². The molecule has 0 atom stereocenters. The lowest BCUT2D eigenvalue weighted by Gasteiger charge is -2.07. The van der Waals surface area contributed by atoms with Gasteiger partial charge in [-0.1, -0.05) is 11.8 Å². The number of tetrazole rings is 1. The van der Waals surface area contributed by atoms with E-state index in [1.807, 2.05) is 6.07 Å². The summed E-state index contributed by atoms with van der Waals surface area (Å²) in [5.74, 6) is 0.948. The molecule has 1 N–H and O–H groups in total. The Balaban J connectivity index is 1.63. The zero-order valence-corrected chi connectivity index (χ0v) is 17.6. The fraction of sp³-hybridized carbons (Fsp3) is 0.316. The minimum atomic E-state index is -0.550. The molecule has 1 aromatic carbocycles. The molecule has 0 saturated heterocycles. The number of nitrogens with zero attached hydrogens (tertiary/aromatic N) is 4. The van der Waals surface area contributed by atoms with Crippen LogP contribution in [0.25, 0.3) is 11.3 Å². The molecular formula is C19H21N5O5S. The molecule has 0 fully saturated rings. The topological polar surface area (TPSA) is 121 Å². The van der Waals surface area contributed by atoms with Crippen LogP contribution < -0.4 is 5.32 Å². The van der Waals surface area contributed by atoms with Gasteiger partial charge in [0.2, 0.25) is 5.16 Å². The zero-order chi connectivity index (χ0) is 21.5. The molecule has 10 nitrogen and oxygen atoms in total. The summed E-state index contributed by atoms with van der Waals surface area (Å²) in [5, 5.41) is 15.3. The van der Waals surface area contributed by atoms with E-state index in [9.17, 15) is 9.59 Å². The maximum Gasteiger partial charge on any atom is 0.337 e. The number of rotatable bonds is 9. The van der Waals surface area contributed by atoms with Crippen molar-refractivity contribution in [1.29, 1.82) is 0 Å². The molecule has 0 aliphatic rings. The van der Waals surface area contributed by atoms with Gasteiger partial charge in [-0.25, -0.2) is 14.3 Å². The SMILES string of the molecule is COC(=O)c1cc(C(=O)OC)cc(-c2ccc(CNCCSc3nnnn3C)o2)c1. The summed E-state index contributed by atoms with van der Waals surface area (Å²) < 4.78 is 17.0. The van der Waals surface area contributed by atoms with E-state index in [-0.39, 0.29) is 11.1 Å². The van der Waals surface area contributed by atoms with Crippen molar-refractivity contribution in [3.63, 3.8) is 0 Å². The molecule has 2 aromatic heterocycles. The van der Waals surface area contributed by atoms with Gasteiger partial charge in [-0.05, 0) is 40.8 Å². The highest BCUT2D eigenvalue weighted by Crippen LogP contribution is 2.26. The lowest BCUT2D eigenvalue weighted by Crippen LogP contribution is -2.16. The van der Waals surface area contributed by atoms with Crippen LogP contribution in [0.3, 0.4) is 0 Å². The van der Waals surface area contributed by atoms with Crippen molar-refractivity contribution in [2.75, 3.05) is 26.5 Å². The van der Waals surface area contributed by atoms with Gasteiger partial charge in [-0.15, -0.1) is 5.10 Å². The minimum absolute atomic E-state index is 0.238. The van der Waals surface area contributed by atoms with E-state index < -0.39 is 11.9 Å². The number of ether oxygens (including phenoxy) is 2. The van der Waals surface area contributed by atoms with Crippen LogP contribution in [0.15, 0.2) is 39.9 Å². The van der Waals surface area contributed by atoms with Crippen LogP contribution in [-0.2, 0) is 23.1 Å². The molecule has 11 heteroatoms. The number of hydrogen-bond donors (Lipinski definition) is 1. The number of aromatic nitrogens is 4. The average molecular weight is 431 g/mol. The molecule has 0 amide bonds. The smallest absolute Gasteiger partial charge is 0.337 e. The van der Waals surface area contributed by atoms with Crippen LogP contribution in [0.1, 0.15) is 26.5 Å². The first-order valence-corrected chi connectivity index (χ1v) is 9.97. The number of methoxy groups -OCH3 is 2. The number of esters is 2. The Morgan fingerprint density at radius 1 is 1.13 bits per heavy atom. The molecule has 0 bridgehead atoms. The molecule has 0 radical (unpaired) electrons. The highest BCUT2D eigenvalue weighted by atomic mass is 32.2. The maximum absolute atomic E-state index is 11.9. The van der Waals surface area contributed by atoms with Crippen molar-refractivity contribution in [2.45, 2.75) is 11.7 Å². The Morgan fingerprint density at radius 3 is 2.43 bits per heavy atom. The van der Waals surface area contributed by atoms with E-state index in [1.54, 1.807) is 41.7 Å². The van der Waals surface area contributed by atoms with Gasteiger partial charge in [-0.3, -0.25) is 0 Å². The van der Waals surface area contributed by atoms with Crippen molar-refractivity contribution in [3.8, 4) is 11.3 Å². The van der Waals surface area contributed by atoms with Gasteiger partial charge < -0.3 is 19.2 Å². The molecule has 2 heterocycles. The summed E-state index contributed by atoms with van der Waals surface area (Å²) in [7, 11) is 4.35. The number of aryl methyl sites for hydroxylation is 1. The largest absolute Gasteiger partial charge is 0.465 e. The van der Waals surface area contributed by atoms with Gasteiger partial charge in [0.15, 0.2) is 0 Å². The summed E-state index contributed by atoms with van der Waals surface area (Å²) in [4.78, 5) is 23.9. The lowest BCUT2D eigenvalue weighted by atomic mass is 10.0. The third kappa shape index (κ3) is 5.24. The maximum atomic E-state index is 11.9. The predicted molar refractivity (Wildman–Crippen MR) is 108 cm³/mol. The minimum Gasteiger partial charge on any atom is -0.465 e. The monoisotopic (exact) mass is 431 g/mol. The van der Waals surface area contributed by atoms with Gasteiger partial charge in [0.1, 0.15) is 11.5 Å². The molecule has 0 saturated carbocycles. The second kappa shape index (κ2) is 10.0. The molecule has 3 rings (SSSR count). The van der Waals surface area contributed by atoms with Gasteiger partial charge in [0, 0.05) is 24.9 Å². The Kier molecular flexibility index (Phi) is 7.20. The van der Waals surface area contributed by atoms with Crippen molar-refractivity contribution >= 4 is 23.7 Å². The lowest BCUT2D eigenvalue weighted by molar-refractivity contribution is 0.0599. The number of carbonyl (C=O) groups excluding carboxylic acids is 2. The van der Waals surface area contributed by atoms with Crippen LogP contribution in [0.4, 0.5) is 0 Å². The van der Waals surface area contributed by atoms with Gasteiger partial charge in [-0.2, -0.15) is 0 Å². The van der Waals surface area contributed by atoms with Crippen molar-refractivity contribution in [1.82, 2.24) is 25.5 Å². The van der Waals surface area contributed by atoms with Crippen LogP contribution in [-0.4, -0.2) is 58.7 Å². The second-order valence-electron chi connectivity index (χ2n) is 6.16. The zero-order valence-electron chi connectivity index (χ0n) is 16.7. The Hall–Kier alpha value is -3.18. The normalized spacial score (nSPS) is 10.8. The van der Waals surface area contributed by atoms with E-state index in [0.717, 1.165) is 23.2 Å². The fourth-order valence-electron chi connectivity index (χ4n) is 2.64. The summed E-state index contributed by atoms with van der Waals surface area (Å²) in [6, 6.07) is 8.27. The van der Waals surface area contributed by atoms with Gasteiger partial charge >= 0.3 is 11.9 Å². The standard InChI is InChI=1S/C19H21N5O5S/c1-24-19(21-22-23-24)30-7-6-20-11-15-4-5-16(29-15)12-8-13(17(25)27-2)10-14(9-12)18(26)28-3/h4-5,8-10,20H,6-7,11H2,1-3H3. The van der Waals surface area contributed by atoms with Gasteiger partial charge in [0.05, 0.1) is 31.9 Å². The van der Waals surface area contributed by atoms with Crippen LogP contribution >= 0.6 is 11.8 Å². The van der Waals surface area contributed by atoms with E-state index in [4.69, 9.17) is 13.9 Å². The van der Waals surface area contributed by atoms with Crippen molar-refractivity contribution in [3.05, 3.63) is 47.2 Å². The first-order chi connectivity index (χ1) is 14.5. The van der Waals surface area contributed by atoms with E-state index in [1.165, 1.54) is 20.3 Å². The number of thioether (sulfide) groups is 1. The summed E-state index contributed by atoms with van der Waals surface area (Å²) in [6.07, 6.45) is 0. The van der Waals surface area contributed by atoms with Crippen LogP contribution in [0, 0.1) is 0 Å². The molecule has 0 aliphatic carbocycles. The average Bonchev–Trinajstić information content (AvgIpc) is 3.41. The summed E-state index contributed by atoms with van der Waals surface area (Å²) in [5.41, 5.74) is 1.05. The second-order valence-corrected chi connectivity index (χ2v) is 7.22. The molecular weight excluding hydrogens is 410 g/mol. The predicted octanol–water partition coefficient (Wildman–Crippen LogP) is 1.93. The molecule has 0 spiro atoms. The molecule has 30 heavy (non-hydrogen) atoms. The number of furan rings is 1. The Morgan fingerprint density at radius 2 is 1.83 bits per heavy atom. The van der Waals surface area contributed by atoms with Crippen molar-refractivity contribution < 1.29 is 23.5 Å². The molecule has 0 aliphatic heterocycles. The quantitative estimate of drug-likeness (QED) is 0.305. The Labute approximate surface area is 176 Å². The highest BCUT2D eigenvalue weighted by molar-refractivity contribution is 7.99. The number of hydrogen-bond acceptors (Lipinski definition) is 10. The number of carbonyl (C=O) groups is 2. The number of nitrogens with one attached hydrogen (secondary N) is 1. The molecule has 158 valence electrons. The third-order valence-electron chi connectivity index (χ3n) is 4.11. The molecule has 3 aromatic rings. The first-order valence-electron chi connectivity index (χ1n) is 8.98. The first kappa shape index (κ1) is 21.5. The number of benzene rings is 1. The van der Waals surface area contributed by atoms with Gasteiger partial charge in [0.25, 0.3) is 0 Å². The third-order valence-corrected chi connectivity index (χ3v) is 5.12. The highest BCUT2D eigenvalue weighted by Gasteiger charge is 2.16. The summed E-state index contributed by atoms with van der Waals surface area (Å²) in [6.45, 7) is 1.26. The van der Waals surface area contributed by atoms with E-state index in [0.29, 0.717) is 17.9 Å². The van der Waals surface area contributed by atoms with Crippen LogP contribution in [0.5, 0.6) is 0 Å². The fourth-order valence-corrected chi connectivity index (χ4v) is 3.39. The van der Waals surface area contributed by atoms with Crippen molar-refractivity contribution in [2.24, 2.45) is 7.05 Å².